The van der Waals surface area contributed by atoms with E-state index in [2.05, 4.69) is 41.8 Å². The van der Waals surface area contributed by atoms with Crippen LogP contribution in [0.5, 0.6) is 0 Å². The molecule has 0 aromatic heterocycles. The predicted molar refractivity (Wildman–Crippen MR) is 360 cm³/mol. The summed E-state index contributed by atoms with van der Waals surface area (Å²) >= 11 is 0. The molecular formula is C76H158N2+2. The Kier molecular flexibility index (Phi) is 66.0. The summed E-state index contributed by atoms with van der Waals surface area (Å²) in [6, 6.07) is 0. The zero-order valence-electron chi connectivity index (χ0n) is 56.4. The molecule has 0 aliphatic heterocycles. The van der Waals surface area contributed by atoms with Gasteiger partial charge in [-0.3, -0.25) is 0 Å². The van der Waals surface area contributed by atoms with Crippen LogP contribution < -0.4 is 0 Å². The van der Waals surface area contributed by atoms with Crippen LogP contribution in [-0.2, 0) is 0 Å². The van der Waals surface area contributed by atoms with Gasteiger partial charge in [0.2, 0.25) is 0 Å². The van der Waals surface area contributed by atoms with E-state index < -0.39 is 0 Å². The Morgan fingerprint density at radius 3 is 0.308 bits per heavy atom. The molecule has 78 heavy (non-hydrogen) atoms. The van der Waals surface area contributed by atoms with Gasteiger partial charge in [0.15, 0.2) is 0 Å². The van der Waals surface area contributed by atoms with Gasteiger partial charge < -0.3 is 8.97 Å². The molecule has 0 rings (SSSR count). The second kappa shape index (κ2) is 66.1. The van der Waals surface area contributed by atoms with Gasteiger partial charge in [0.05, 0.1) is 40.3 Å². The first kappa shape index (κ1) is 77.9. The maximum atomic E-state index is 2.71. The fourth-order valence-electron chi connectivity index (χ4n) is 13.3. The van der Waals surface area contributed by atoms with Crippen molar-refractivity contribution in [2.75, 3.05) is 53.4 Å². The van der Waals surface area contributed by atoms with E-state index in [1.807, 2.05) is 0 Å². The summed E-state index contributed by atoms with van der Waals surface area (Å²) in [5.74, 6) is 0. The van der Waals surface area contributed by atoms with Gasteiger partial charge in [-0.05, 0) is 51.4 Å². The number of nitrogens with zero attached hydrogens (tertiary/aromatic N) is 2. The monoisotopic (exact) mass is 1100 g/mol. The van der Waals surface area contributed by atoms with Crippen LogP contribution in [-0.4, -0.2) is 62.3 Å². The van der Waals surface area contributed by atoms with Gasteiger partial charge in [0, 0.05) is 0 Å². The minimum Gasteiger partial charge on any atom is -0.321 e. The summed E-state index contributed by atoms with van der Waals surface area (Å²) in [6.45, 7) is 17.8. The largest absolute Gasteiger partial charge is 0.321 e. The molecule has 0 heterocycles. The molecule has 470 valence electrons. The molecule has 0 saturated carbocycles. The standard InChI is InChI=1S/C76H158N2/c1-7-11-15-19-23-27-31-35-39-43-47-51-55-59-63-67-71-77(5,72-68-64-60-56-52-48-44-40-36-32-28-24-20-16-12-8-2)75-76-78(6,73-69-65-61-57-53-49-45-41-37-33-29-25-21-17-13-9-3)74-70-66-62-58-54-50-46-42-38-34-30-26-22-18-14-10-4/h7-76H2,1-6H3/q+2. The maximum absolute atomic E-state index is 2.71. The van der Waals surface area contributed by atoms with Crippen molar-refractivity contribution in [1.82, 2.24) is 0 Å². The lowest BCUT2D eigenvalue weighted by molar-refractivity contribution is -0.964. The van der Waals surface area contributed by atoms with E-state index in [0.29, 0.717) is 0 Å². The van der Waals surface area contributed by atoms with Crippen LogP contribution in [0.2, 0.25) is 0 Å². The van der Waals surface area contributed by atoms with Gasteiger partial charge in [0.1, 0.15) is 13.1 Å². The third-order valence-electron chi connectivity index (χ3n) is 19.4. The first-order valence-corrected chi connectivity index (χ1v) is 38.1. The van der Waals surface area contributed by atoms with Crippen molar-refractivity contribution in [2.45, 2.75) is 439 Å². The van der Waals surface area contributed by atoms with E-state index in [1.165, 1.54) is 459 Å². The molecular weight excluding hydrogens is 941 g/mol. The van der Waals surface area contributed by atoms with Crippen molar-refractivity contribution in [2.24, 2.45) is 0 Å². The molecule has 2 nitrogen and oxygen atoms in total. The number of likely N-dealkylation sites (N-methyl/N-ethyl adjacent to an activating group) is 2. The van der Waals surface area contributed by atoms with Gasteiger partial charge >= 0.3 is 0 Å². The molecule has 0 fully saturated rings. The quantitative estimate of drug-likeness (QED) is 0.0421. The van der Waals surface area contributed by atoms with Crippen LogP contribution in [0.25, 0.3) is 0 Å². The maximum Gasteiger partial charge on any atom is 0.128 e. The Bertz CT molecular complexity index is 898. The van der Waals surface area contributed by atoms with Crippen molar-refractivity contribution >= 4 is 0 Å². The molecule has 0 aliphatic rings. The van der Waals surface area contributed by atoms with Crippen LogP contribution in [0.15, 0.2) is 0 Å². The minimum absolute atomic E-state index is 1.35. The number of hydrogen-bond donors (Lipinski definition) is 0. The second-order valence-corrected chi connectivity index (χ2v) is 27.8. The molecule has 0 N–H and O–H groups in total. The minimum atomic E-state index is 1.35. The zero-order chi connectivity index (χ0) is 56.5. The molecule has 0 aromatic rings. The lowest BCUT2D eigenvalue weighted by atomic mass is 10.0. The van der Waals surface area contributed by atoms with Gasteiger partial charge in [-0.15, -0.1) is 0 Å². The topological polar surface area (TPSA) is 0 Å². The fourth-order valence-corrected chi connectivity index (χ4v) is 13.3. The first-order valence-electron chi connectivity index (χ1n) is 38.1. The van der Waals surface area contributed by atoms with Crippen molar-refractivity contribution in [3.8, 4) is 0 Å². The van der Waals surface area contributed by atoms with Crippen molar-refractivity contribution < 1.29 is 8.97 Å². The molecule has 0 amide bonds. The summed E-state index contributed by atoms with van der Waals surface area (Å²) in [5.41, 5.74) is 0. The summed E-state index contributed by atoms with van der Waals surface area (Å²) in [5, 5.41) is 0. The highest BCUT2D eigenvalue weighted by Gasteiger charge is 2.28. The van der Waals surface area contributed by atoms with Gasteiger partial charge in [-0.25, -0.2) is 0 Å². The summed E-state index contributed by atoms with van der Waals surface area (Å²) in [7, 11) is 5.42. The Morgan fingerprint density at radius 2 is 0.205 bits per heavy atom. The molecule has 0 bridgehead atoms. The average molecular weight is 1100 g/mol. The van der Waals surface area contributed by atoms with Crippen LogP contribution in [0.1, 0.15) is 439 Å². The van der Waals surface area contributed by atoms with Crippen LogP contribution in [0.4, 0.5) is 0 Å². The normalized spacial score (nSPS) is 12.2. The number of hydrogen-bond acceptors (Lipinski definition) is 0. The SMILES string of the molecule is CCCCCCCCCCCCCCCCCC[N+](C)(CCCCCCCCCCCCCCCCCC)CC[N+](C)(CCCCCCCCCCCCCCCCCC)CCCCCCCCCCCCCCCCCC. The van der Waals surface area contributed by atoms with E-state index in [-0.39, 0.29) is 0 Å². The van der Waals surface area contributed by atoms with E-state index in [4.69, 9.17) is 0 Å². The van der Waals surface area contributed by atoms with Crippen LogP contribution in [0.3, 0.4) is 0 Å². The van der Waals surface area contributed by atoms with Gasteiger partial charge in [-0.1, -0.05) is 387 Å². The Labute approximate surface area is 498 Å². The average Bonchev–Trinajstić information content (AvgIpc) is 3.44. The number of rotatable bonds is 71. The summed E-state index contributed by atoms with van der Waals surface area (Å²) < 4.78 is 2.70. The summed E-state index contributed by atoms with van der Waals surface area (Å²) in [6.07, 6.45) is 94.0. The van der Waals surface area contributed by atoms with Crippen LogP contribution in [0, 0.1) is 0 Å². The lowest BCUT2D eigenvalue weighted by Crippen LogP contribution is -2.55. The molecule has 0 atom stereocenters. The zero-order valence-corrected chi connectivity index (χ0v) is 56.4. The highest BCUT2D eigenvalue weighted by atomic mass is 15.4. The Balaban J connectivity index is 5.07. The Morgan fingerprint density at radius 1 is 0.115 bits per heavy atom. The van der Waals surface area contributed by atoms with Crippen molar-refractivity contribution in [1.29, 1.82) is 0 Å². The third-order valence-corrected chi connectivity index (χ3v) is 19.4. The lowest BCUT2D eigenvalue weighted by Gasteiger charge is -2.40. The van der Waals surface area contributed by atoms with E-state index >= 15 is 0 Å². The number of unbranched alkanes of at least 4 members (excludes halogenated alkanes) is 60. The summed E-state index contributed by atoms with van der Waals surface area (Å²) in [4.78, 5) is 0. The van der Waals surface area contributed by atoms with Gasteiger partial charge in [0.25, 0.3) is 0 Å². The molecule has 0 unspecified atom stereocenters. The smallest absolute Gasteiger partial charge is 0.128 e. The molecule has 0 spiro atoms. The van der Waals surface area contributed by atoms with E-state index in [0.717, 1.165) is 0 Å². The molecule has 2 heteroatoms. The number of quaternary nitrogens is 2. The highest BCUT2D eigenvalue weighted by Crippen LogP contribution is 2.22. The second-order valence-electron chi connectivity index (χ2n) is 27.8. The van der Waals surface area contributed by atoms with Crippen molar-refractivity contribution in [3.63, 3.8) is 0 Å². The molecule has 0 aromatic carbocycles. The Hall–Kier alpha value is -0.0800. The molecule has 0 radical (unpaired) electrons. The van der Waals surface area contributed by atoms with E-state index in [1.54, 1.807) is 0 Å². The molecule has 0 aliphatic carbocycles. The van der Waals surface area contributed by atoms with Crippen molar-refractivity contribution in [3.05, 3.63) is 0 Å². The first-order chi connectivity index (χ1) is 38.4. The molecule has 0 saturated heterocycles. The predicted octanol–water partition coefficient (Wildman–Crippen LogP) is 26.9. The third kappa shape index (κ3) is 62.0. The fraction of sp³-hybridized carbons (Fsp3) is 1.00. The van der Waals surface area contributed by atoms with Gasteiger partial charge in [-0.2, -0.15) is 0 Å². The van der Waals surface area contributed by atoms with E-state index in [9.17, 15) is 0 Å². The highest BCUT2D eigenvalue weighted by molar-refractivity contribution is 4.57. The van der Waals surface area contributed by atoms with Crippen LogP contribution >= 0.6 is 0 Å².